The van der Waals surface area contributed by atoms with Gasteiger partial charge in [-0.1, -0.05) is 30.4 Å². The first-order valence-corrected chi connectivity index (χ1v) is 7.88. The summed E-state index contributed by atoms with van der Waals surface area (Å²) >= 11 is 5.27. The molecule has 0 bridgehead atoms. The minimum atomic E-state index is -1.37. The monoisotopic (exact) mass is 341 g/mol. The standard InChI is InChI=1S/C18H16FN3OS/c1-18(23)16(22-9-3-2-4-10-22)15(14(11-20)17(24)21-18)12-5-7-13(19)8-6-12/h2-10,15-16,23H,1H3,(H,21,24)/t15-,16+,18+/m0/s1. The molecule has 0 amide bonds. The lowest BCUT2D eigenvalue weighted by atomic mass is 9.77. The van der Waals surface area contributed by atoms with Crippen LogP contribution in [0.1, 0.15) is 24.4 Å². The summed E-state index contributed by atoms with van der Waals surface area (Å²) in [4.78, 5) is 0.213. The molecule has 2 aromatic rings. The van der Waals surface area contributed by atoms with Crippen molar-refractivity contribution in [3.05, 3.63) is 77.2 Å². The van der Waals surface area contributed by atoms with Gasteiger partial charge in [0.05, 0.1) is 5.92 Å². The Morgan fingerprint density at radius 1 is 1.25 bits per heavy atom. The Bertz CT molecular complexity index is 814. The van der Waals surface area contributed by atoms with Crippen LogP contribution >= 0.6 is 12.2 Å². The van der Waals surface area contributed by atoms with Crippen LogP contribution in [-0.4, -0.2) is 21.7 Å². The molecule has 0 spiro atoms. The Morgan fingerprint density at radius 3 is 2.46 bits per heavy atom. The molecule has 1 aromatic carbocycles. The molecular weight excluding hydrogens is 325 g/mol. The van der Waals surface area contributed by atoms with Crippen molar-refractivity contribution in [2.24, 2.45) is 0 Å². The molecule has 3 rings (SSSR count). The molecule has 6 heteroatoms. The van der Waals surface area contributed by atoms with Crippen LogP contribution in [0.4, 0.5) is 4.39 Å². The van der Waals surface area contributed by atoms with Crippen LogP contribution < -0.4 is 9.88 Å². The fraction of sp³-hybridized carbons (Fsp3) is 0.222. The van der Waals surface area contributed by atoms with Crippen molar-refractivity contribution >= 4 is 23.1 Å². The van der Waals surface area contributed by atoms with Crippen LogP contribution in [-0.2, 0) is 0 Å². The number of pyridine rings is 1. The first-order chi connectivity index (χ1) is 11.4. The smallest absolute Gasteiger partial charge is 0.216 e. The van der Waals surface area contributed by atoms with Gasteiger partial charge in [0.1, 0.15) is 10.8 Å². The Morgan fingerprint density at radius 2 is 1.88 bits per heavy atom. The van der Waals surface area contributed by atoms with Gasteiger partial charge in [-0.3, -0.25) is 5.87 Å². The van der Waals surface area contributed by atoms with Gasteiger partial charge in [0.15, 0.2) is 18.1 Å². The number of benzene rings is 1. The topological polar surface area (TPSA) is 58.4 Å². The summed E-state index contributed by atoms with van der Waals surface area (Å²) in [5, 5.41) is 23.4. The predicted octanol–water partition coefficient (Wildman–Crippen LogP) is 2.24. The van der Waals surface area contributed by atoms with E-state index >= 15 is 0 Å². The largest absolute Gasteiger partial charge is 0.763 e. The number of nitrogens with zero attached hydrogens (tertiary/aromatic N) is 2. The number of nitrogens with one attached hydrogen (secondary N) is 1. The second-order valence-electron chi connectivity index (χ2n) is 5.92. The lowest BCUT2D eigenvalue weighted by Gasteiger charge is -2.41. The van der Waals surface area contributed by atoms with E-state index in [2.05, 4.69) is 11.2 Å². The molecule has 1 fully saturated rings. The number of hydrogen-bond donors (Lipinski definition) is 2. The highest BCUT2D eigenvalue weighted by molar-refractivity contribution is 7.80. The third-order valence-electron chi connectivity index (χ3n) is 4.22. The molecule has 3 atom stereocenters. The SMILES string of the molecule is C[C@]1(O)NC(=S)C(=C=[N-])[C@H](c2ccc(F)cc2)[C@H]1[n+]1ccccc1. The second-order valence-corrected chi connectivity index (χ2v) is 6.33. The van der Waals surface area contributed by atoms with Gasteiger partial charge in [0.25, 0.3) is 0 Å². The lowest BCUT2D eigenvalue weighted by molar-refractivity contribution is -0.740. The van der Waals surface area contributed by atoms with E-state index in [1.165, 1.54) is 12.1 Å². The molecule has 0 saturated carbocycles. The van der Waals surface area contributed by atoms with Crippen molar-refractivity contribution in [3.63, 3.8) is 0 Å². The summed E-state index contributed by atoms with van der Waals surface area (Å²) in [6.45, 7) is 1.62. The molecule has 2 N–H and O–H groups in total. The van der Waals surface area contributed by atoms with E-state index in [9.17, 15) is 14.9 Å². The molecule has 0 aliphatic carbocycles. The molecule has 4 nitrogen and oxygen atoms in total. The molecule has 24 heavy (non-hydrogen) atoms. The predicted molar refractivity (Wildman–Crippen MR) is 93.1 cm³/mol. The molecule has 1 aliphatic rings. The minimum Gasteiger partial charge on any atom is -0.763 e. The van der Waals surface area contributed by atoms with Gasteiger partial charge in [-0.2, -0.15) is 4.57 Å². The summed E-state index contributed by atoms with van der Waals surface area (Å²) in [6.07, 6.45) is 3.64. The number of thiocarbonyl (C=S) groups is 1. The van der Waals surface area contributed by atoms with Gasteiger partial charge >= 0.3 is 0 Å². The Kier molecular flexibility index (Phi) is 4.28. The number of rotatable bonds is 2. The zero-order valence-electron chi connectivity index (χ0n) is 13.0. The Hall–Kier alpha value is -2.40. The third kappa shape index (κ3) is 2.87. The van der Waals surface area contributed by atoms with E-state index in [1.807, 2.05) is 35.2 Å². The second kappa shape index (κ2) is 6.24. The molecule has 1 aliphatic heterocycles. The van der Waals surface area contributed by atoms with E-state index in [-0.39, 0.29) is 10.8 Å². The highest BCUT2D eigenvalue weighted by atomic mass is 32.1. The molecule has 0 radical (unpaired) electrons. The van der Waals surface area contributed by atoms with Crippen LogP contribution in [0.2, 0.25) is 0 Å². The van der Waals surface area contributed by atoms with Crippen molar-refractivity contribution in [2.75, 3.05) is 0 Å². The minimum absolute atomic E-state index is 0.213. The lowest BCUT2D eigenvalue weighted by Crippen LogP contribution is -2.65. The average Bonchev–Trinajstić information content (AvgIpc) is 2.55. The fourth-order valence-corrected chi connectivity index (χ4v) is 3.57. The molecule has 1 aromatic heterocycles. The van der Waals surface area contributed by atoms with E-state index < -0.39 is 17.7 Å². The summed E-state index contributed by atoms with van der Waals surface area (Å²) in [7, 11) is 0. The fourth-order valence-electron chi connectivity index (χ4n) is 3.19. The van der Waals surface area contributed by atoms with Gasteiger partial charge in [0, 0.05) is 17.7 Å². The zero-order valence-corrected chi connectivity index (χ0v) is 13.8. The van der Waals surface area contributed by atoms with Crippen molar-refractivity contribution in [2.45, 2.75) is 24.6 Å². The number of aliphatic hydroxyl groups is 1. The maximum absolute atomic E-state index is 13.3. The van der Waals surface area contributed by atoms with Gasteiger partial charge in [-0.15, -0.1) is 0 Å². The average molecular weight is 341 g/mol. The van der Waals surface area contributed by atoms with E-state index in [4.69, 9.17) is 12.2 Å². The van der Waals surface area contributed by atoms with E-state index in [1.54, 1.807) is 19.1 Å². The summed E-state index contributed by atoms with van der Waals surface area (Å²) in [6, 6.07) is 11.0. The highest BCUT2D eigenvalue weighted by Gasteiger charge is 2.51. The van der Waals surface area contributed by atoms with Crippen LogP contribution in [0.25, 0.3) is 5.41 Å². The normalized spacial score (nSPS) is 26.6. The van der Waals surface area contributed by atoms with Gasteiger partial charge in [-0.25, -0.2) is 4.39 Å². The maximum Gasteiger partial charge on any atom is 0.216 e. The number of halogens is 1. The van der Waals surface area contributed by atoms with Crippen LogP contribution in [0.5, 0.6) is 0 Å². The summed E-state index contributed by atoms with van der Waals surface area (Å²) in [5.41, 5.74) is -0.300. The van der Waals surface area contributed by atoms with Crippen LogP contribution in [0.3, 0.4) is 0 Å². The van der Waals surface area contributed by atoms with Gasteiger partial charge in [-0.05, 0) is 24.6 Å². The Labute approximate surface area is 144 Å². The highest BCUT2D eigenvalue weighted by Crippen LogP contribution is 2.40. The number of aromatic nitrogens is 1. The van der Waals surface area contributed by atoms with Crippen LogP contribution in [0.15, 0.2) is 60.4 Å². The molecular formula is C18H16FN3OS. The van der Waals surface area contributed by atoms with Crippen LogP contribution in [0, 0.1) is 5.82 Å². The third-order valence-corrected chi connectivity index (χ3v) is 4.55. The molecule has 122 valence electrons. The van der Waals surface area contributed by atoms with Crippen molar-refractivity contribution < 1.29 is 14.1 Å². The first-order valence-electron chi connectivity index (χ1n) is 7.47. The molecule has 2 heterocycles. The quantitative estimate of drug-likeness (QED) is 0.381. The van der Waals surface area contributed by atoms with Crippen molar-refractivity contribution in [1.29, 1.82) is 0 Å². The maximum atomic E-state index is 13.3. The number of hydrogen-bond acceptors (Lipinski definition) is 2. The van der Waals surface area contributed by atoms with Gasteiger partial charge < -0.3 is 15.8 Å². The van der Waals surface area contributed by atoms with Crippen molar-refractivity contribution in [1.82, 2.24) is 5.32 Å². The van der Waals surface area contributed by atoms with Gasteiger partial charge in [0.2, 0.25) is 6.04 Å². The summed E-state index contributed by atoms with van der Waals surface area (Å²) < 4.78 is 15.2. The first kappa shape index (κ1) is 16.5. The number of piperidine rings is 1. The molecule has 1 saturated heterocycles. The zero-order chi connectivity index (χ0) is 17.3. The van der Waals surface area contributed by atoms with E-state index in [0.29, 0.717) is 5.57 Å². The van der Waals surface area contributed by atoms with Crippen molar-refractivity contribution in [3.8, 4) is 0 Å². The van der Waals surface area contributed by atoms with E-state index in [0.717, 1.165) is 5.56 Å². The Balaban J connectivity index is 2.21. The summed E-state index contributed by atoms with van der Waals surface area (Å²) in [5.74, 6) is 1.30. The molecule has 0 unspecified atom stereocenters.